The van der Waals surface area contributed by atoms with Crippen LogP contribution in [-0.2, 0) is 0 Å². The van der Waals surface area contributed by atoms with Gasteiger partial charge < -0.3 is 0 Å². The number of hydrogen-bond donors (Lipinski definition) is 0. The van der Waals surface area contributed by atoms with Crippen LogP contribution in [0.5, 0.6) is 0 Å². The van der Waals surface area contributed by atoms with E-state index in [1.807, 2.05) is 54.6 Å². The Kier molecular flexibility index (Phi) is 5.28. The normalized spacial score (nSPS) is 11.9. The quantitative estimate of drug-likeness (QED) is 0.211. The molecule has 0 N–H and O–H groups in total. The zero-order chi connectivity index (χ0) is 23.6. The minimum absolute atomic E-state index is 0.762. The average Bonchev–Trinajstić information content (AvgIpc) is 2.91. The van der Waals surface area contributed by atoms with E-state index in [1.54, 1.807) is 18.6 Å². The molecular weight excluding hydrogens is 430 g/mol. The molecule has 3 aromatic carbocycles. The van der Waals surface area contributed by atoms with Gasteiger partial charge in [-0.05, 0) is 43.3 Å². The summed E-state index contributed by atoms with van der Waals surface area (Å²) in [4.78, 5) is 23.5. The molecule has 0 unspecified atom stereocenters. The molecule has 6 rings (SSSR count). The van der Waals surface area contributed by atoms with E-state index in [-0.39, 0.29) is 0 Å². The number of aryl methyl sites for hydroxylation is 1. The van der Waals surface area contributed by atoms with Crippen LogP contribution in [-0.4, -0.2) is 27.4 Å². The molecule has 6 aromatic rings. The van der Waals surface area contributed by atoms with E-state index in [0.717, 1.165) is 55.5 Å². The third-order valence-corrected chi connectivity index (χ3v) is 5.89. The van der Waals surface area contributed by atoms with Gasteiger partial charge in [-0.3, -0.25) is 15.0 Å². The topological polar surface area (TPSA) is 63.4 Å². The molecule has 5 nitrogen and oxygen atoms in total. The molecular formula is C30H21N5. The number of aliphatic imine (C=N–C) groups is 2. The SMILES string of the molecule is Cc1ccc(N=Cc2ccc3ccc4ccc(C=Nc5cccc6cccnc56)nc4c3n2)cc1. The predicted octanol–water partition coefficient (Wildman–Crippen LogP) is 7.14. The van der Waals surface area contributed by atoms with Crippen LogP contribution in [0.1, 0.15) is 17.0 Å². The number of para-hydroxylation sites is 1. The molecule has 0 aliphatic rings. The third kappa shape index (κ3) is 4.27. The second kappa shape index (κ2) is 8.88. The van der Waals surface area contributed by atoms with Gasteiger partial charge in [-0.25, -0.2) is 9.97 Å². The molecule has 3 aromatic heterocycles. The van der Waals surface area contributed by atoms with Gasteiger partial charge in [0.2, 0.25) is 0 Å². The molecule has 35 heavy (non-hydrogen) atoms. The molecule has 0 aliphatic heterocycles. The van der Waals surface area contributed by atoms with Crippen molar-refractivity contribution in [3.63, 3.8) is 0 Å². The van der Waals surface area contributed by atoms with E-state index in [4.69, 9.17) is 9.97 Å². The summed E-state index contributed by atoms with van der Waals surface area (Å²) in [6.45, 7) is 2.06. The van der Waals surface area contributed by atoms with E-state index < -0.39 is 0 Å². The molecule has 166 valence electrons. The monoisotopic (exact) mass is 451 g/mol. The molecule has 3 heterocycles. The first-order valence-electron chi connectivity index (χ1n) is 11.4. The fraction of sp³-hybridized carbons (Fsp3) is 0.0333. The van der Waals surface area contributed by atoms with Crippen LogP contribution >= 0.6 is 0 Å². The Bertz CT molecular complexity index is 1750. The average molecular weight is 452 g/mol. The highest BCUT2D eigenvalue weighted by Gasteiger charge is 2.06. The van der Waals surface area contributed by atoms with Crippen LogP contribution in [0.2, 0.25) is 0 Å². The fourth-order valence-electron chi connectivity index (χ4n) is 4.04. The van der Waals surface area contributed by atoms with Crippen molar-refractivity contribution in [2.75, 3.05) is 0 Å². The molecule has 0 spiro atoms. The van der Waals surface area contributed by atoms with Crippen LogP contribution < -0.4 is 0 Å². The standard InChI is InChI=1S/C30H21N5/c1-20-7-13-24(14-8-20)32-18-25-15-11-22-9-10-23-12-16-26(35-30(23)29(22)34-25)19-33-27-6-2-4-21-5-3-17-31-28(21)27/h2-19H,1H3. The molecule has 0 radical (unpaired) electrons. The van der Waals surface area contributed by atoms with Crippen molar-refractivity contribution < 1.29 is 0 Å². The Morgan fingerprint density at radius 1 is 0.571 bits per heavy atom. The number of rotatable bonds is 4. The molecule has 0 amide bonds. The molecule has 0 saturated heterocycles. The first-order valence-corrected chi connectivity index (χ1v) is 11.4. The second-order valence-corrected chi connectivity index (χ2v) is 8.39. The van der Waals surface area contributed by atoms with Crippen molar-refractivity contribution in [2.45, 2.75) is 6.92 Å². The lowest BCUT2D eigenvalue weighted by atomic mass is 10.1. The van der Waals surface area contributed by atoms with Crippen molar-refractivity contribution in [3.05, 3.63) is 114 Å². The smallest absolute Gasteiger partial charge is 0.0972 e. The molecule has 0 atom stereocenters. The summed E-state index contributed by atoms with van der Waals surface area (Å²) in [6, 6.07) is 30.3. The van der Waals surface area contributed by atoms with Gasteiger partial charge in [0.1, 0.15) is 0 Å². The summed E-state index contributed by atoms with van der Waals surface area (Å²) in [5.41, 5.74) is 7.03. The summed E-state index contributed by atoms with van der Waals surface area (Å²) in [7, 11) is 0. The first kappa shape index (κ1) is 20.8. The lowest BCUT2D eigenvalue weighted by molar-refractivity contribution is 1.34. The zero-order valence-electron chi connectivity index (χ0n) is 19.1. The van der Waals surface area contributed by atoms with E-state index in [0.29, 0.717) is 0 Å². The van der Waals surface area contributed by atoms with Gasteiger partial charge in [-0.1, -0.05) is 60.2 Å². The van der Waals surface area contributed by atoms with Crippen molar-refractivity contribution in [3.8, 4) is 0 Å². The summed E-state index contributed by atoms with van der Waals surface area (Å²) >= 11 is 0. The number of nitrogens with zero attached hydrogens (tertiary/aromatic N) is 5. The number of hydrogen-bond acceptors (Lipinski definition) is 5. The first-order chi connectivity index (χ1) is 17.2. The van der Waals surface area contributed by atoms with E-state index in [1.165, 1.54) is 5.56 Å². The van der Waals surface area contributed by atoms with Gasteiger partial charge in [0.05, 0.1) is 51.7 Å². The Morgan fingerprint density at radius 3 is 1.89 bits per heavy atom. The third-order valence-electron chi connectivity index (χ3n) is 5.89. The lowest BCUT2D eigenvalue weighted by Gasteiger charge is -2.05. The minimum Gasteiger partial charge on any atom is -0.255 e. The highest BCUT2D eigenvalue weighted by molar-refractivity contribution is 6.04. The van der Waals surface area contributed by atoms with Gasteiger partial charge >= 0.3 is 0 Å². The fourth-order valence-corrected chi connectivity index (χ4v) is 4.04. The van der Waals surface area contributed by atoms with Crippen molar-refractivity contribution >= 4 is 56.5 Å². The van der Waals surface area contributed by atoms with Gasteiger partial charge in [0.15, 0.2) is 0 Å². The maximum absolute atomic E-state index is 4.89. The molecule has 0 saturated carbocycles. The number of aromatic nitrogens is 3. The van der Waals surface area contributed by atoms with E-state index >= 15 is 0 Å². The molecule has 0 fully saturated rings. The summed E-state index contributed by atoms with van der Waals surface area (Å²) in [5.74, 6) is 0. The molecule has 0 aliphatic carbocycles. The largest absolute Gasteiger partial charge is 0.255 e. The maximum atomic E-state index is 4.89. The van der Waals surface area contributed by atoms with Crippen LogP contribution in [0.25, 0.3) is 32.7 Å². The van der Waals surface area contributed by atoms with Crippen molar-refractivity contribution in [1.29, 1.82) is 0 Å². The number of benzene rings is 3. The minimum atomic E-state index is 0.762. The van der Waals surface area contributed by atoms with Gasteiger partial charge in [0, 0.05) is 22.4 Å². The predicted molar refractivity (Wildman–Crippen MR) is 144 cm³/mol. The Labute approximate surface area is 202 Å². The second-order valence-electron chi connectivity index (χ2n) is 8.39. The highest BCUT2D eigenvalue weighted by atomic mass is 14.8. The van der Waals surface area contributed by atoms with Crippen LogP contribution in [0.15, 0.2) is 107 Å². The van der Waals surface area contributed by atoms with Crippen LogP contribution in [0.3, 0.4) is 0 Å². The highest BCUT2D eigenvalue weighted by Crippen LogP contribution is 2.25. The maximum Gasteiger partial charge on any atom is 0.0972 e. The van der Waals surface area contributed by atoms with Crippen molar-refractivity contribution in [1.82, 2.24) is 15.0 Å². The number of pyridine rings is 3. The Hall–Kier alpha value is -4.77. The Morgan fingerprint density at radius 2 is 1.17 bits per heavy atom. The Balaban J connectivity index is 1.38. The van der Waals surface area contributed by atoms with E-state index in [9.17, 15) is 0 Å². The number of fused-ring (bicyclic) bond motifs is 4. The van der Waals surface area contributed by atoms with Crippen molar-refractivity contribution in [2.24, 2.45) is 9.98 Å². The van der Waals surface area contributed by atoms with Crippen LogP contribution in [0.4, 0.5) is 11.4 Å². The van der Waals surface area contributed by atoms with Crippen LogP contribution in [0, 0.1) is 6.92 Å². The van der Waals surface area contributed by atoms with Gasteiger partial charge in [-0.2, -0.15) is 0 Å². The van der Waals surface area contributed by atoms with E-state index in [2.05, 4.69) is 58.3 Å². The summed E-state index contributed by atoms with van der Waals surface area (Å²) in [6.07, 6.45) is 5.36. The van der Waals surface area contributed by atoms with Gasteiger partial charge in [-0.15, -0.1) is 0 Å². The zero-order valence-corrected chi connectivity index (χ0v) is 19.1. The summed E-state index contributed by atoms with van der Waals surface area (Å²) < 4.78 is 0. The lowest BCUT2D eigenvalue weighted by Crippen LogP contribution is -1.93. The van der Waals surface area contributed by atoms with Gasteiger partial charge in [0.25, 0.3) is 0 Å². The molecule has 5 heteroatoms. The summed E-state index contributed by atoms with van der Waals surface area (Å²) in [5, 5.41) is 3.12. The molecule has 0 bridgehead atoms.